The van der Waals surface area contributed by atoms with E-state index in [0.29, 0.717) is 0 Å². The van der Waals surface area contributed by atoms with Gasteiger partial charge in [0.2, 0.25) is 0 Å². The van der Waals surface area contributed by atoms with E-state index in [1.807, 2.05) is 0 Å². The molecule has 0 aliphatic carbocycles. The molecule has 0 heterocycles. The second-order valence-corrected chi connectivity index (χ2v) is 5.92. The summed E-state index contributed by atoms with van der Waals surface area (Å²) in [4.78, 5) is 0. The van der Waals surface area contributed by atoms with E-state index in [2.05, 4.69) is 86.7 Å². The van der Waals surface area contributed by atoms with Gasteiger partial charge in [0.25, 0.3) is 0 Å². The molecular weight excluding hydrogens is 266 g/mol. The van der Waals surface area contributed by atoms with Crippen LogP contribution in [0.5, 0.6) is 0 Å². The molecule has 0 saturated carbocycles. The van der Waals surface area contributed by atoms with Crippen LogP contribution in [-0.4, -0.2) is 19.6 Å². The molecule has 1 heteroatoms. The Bertz CT molecular complexity index is 551. The van der Waals surface area contributed by atoms with Crippen LogP contribution in [0.4, 0.5) is 5.69 Å². The topological polar surface area (TPSA) is 0 Å². The van der Waals surface area contributed by atoms with Gasteiger partial charge in [-0.25, -0.2) is 0 Å². The predicted octanol–water partition coefficient (Wildman–Crippen LogP) is 5.53. The first-order valence-electron chi connectivity index (χ1n) is 8.44. The monoisotopic (exact) mass is 294 g/mol. The minimum absolute atomic E-state index is 1.05. The standard InChI is InChI=1S/C21H28N/c1-3-17-22(18-4-2,21-15-9-6-10-16-21)19-11-14-20-12-7-5-8-13-20/h5-16H,3-4,17-19H2,1-2H3/q+1. The van der Waals surface area contributed by atoms with E-state index < -0.39 is 0 Å². The van der Waals surface area contributed by atoms with Gasteiger partial charge in [0.15, 0.2) is 0 Å². The molecule has 0 aromatic heterocycles. The van der Waals surface area contributed by atoms with Crippen LogP contribution < -0.4 is 4.48 Å². The van der Waals surface area contributed by atoms with E-state index in [4.69, 9.17) is 0 Å². The van der Waals surface area contributed by atoms with Gasteiger partial charge in [-0.15, -0.1) is 0 Å². The average Bonchev–Trinajstić information content (AvgIpc) is 2.57. The van der Waals surface area contributed by atoms with Crippen LogP contribution in [0.3, 0.4) is 0 Å². The summed E-state index contributed by atoms with van der Waals surface area (Å²) in [5.41, 5.74) is 2.71. The molecule has 0 N–H and O–H groups in total. The maximum absolute atomic E-state index is 2.34. The maximum Gasteiger partial charge on any atom is 0.133 e. The van der Waals surface area contributed by atoms with Gasteiger partial charge in [-0.1, -0.05) is 68.5 Å². The zero-order valence-corrected chi connectivity index (χ0v) is 13.9. The van der Waals surface area contributed by atoms with Crippen molar-refractivity contribution in [2.45, 2.75) is 26.7 Å². The predicted molar refractivity (Wildman–Crippen MR) is 98.9 cm³/mol. The molecule has 0 unspecified atom stereocenters. The number of hydrogen-bond acceptors (Lipinski definition) is 0. The van der Waals surface area contributed by atoms with Crippen molar-refractivity contribution in [2.75, 3.05) is 19.6 Å². The van der Waals surface area contributed by atoms with Crippen LogP contribution in [0, 0.1) is 0 Å². The molecule has 2 aromatic carbocycles. The number of benzene rings is 2. The first kappa shape index (κ1) is 16.5. The highest BCUT2D eigenvalue weighted by atomic mass is 15.4. The first-order chi connectivity index (χ1) is 10.8. The van der Waals surface area contributed by atoms with Crippen molar-refractivity contribution in [3.05, 3.63) is 72.3 Å². The average molecular weight is 294 g/mol. The van der Waals surface area contributed by atoms with E-state index in [9.17, 15) is 0 Å². The Balaban J connectivity index is 2.22. The molecule has 0 aliphatic heterocycles. The van der Waals surface area contributed by atoms with E-state index in [1.54, 1.807) is 0 Å². The number of hydrogen-bond donors (Lipinski definition) is 0. The lowest BCUT2D eigenvalue weighted by Crippen LogP contribution is -2.50. The summed E-state index contributed by atoms with van der Waals surface area (Å²) in [5.74, 6) is 0. The lowest BCUT2D eigenvalue weighted by Gasteiger charge is -2.37. The summed E-state index contributed by atoms with van der Waals surface area (Å²) < 4.78 is 1.05. The molecule has 0 amide bonds. The summed E-state index contributed by atoms with van der Waals surface area (Å²) in [6.07, 6.45) is 7.00. The van der Waals surface area contributed by atoms with Crippen molar-refractivity contribution in [3.63, 3.8) is 0 Å². The Morgan fingerprint density at radius 3 is 1.86 bits per heavy atom. The van der Waals surface area contributed by atoms with Crippen LogP contribution in [0.15, 0.2) is 66.7 Å². The van der Waals surface area contributed by atoms with Gasteiger partial charge >= 0.3 is 0 Å². The highest BCUT2D eigenvalue weighted by molar-refractivity contribution is 5.50. The lowest BCUT2D eigenvalue weighted by atomic mass is 10.1. The molecule has 0 fully saturated rings. The van der Waals surface area contributed by atoms with Gasteiger partial charge in [0.05, 0.1) is 13.1 Å². The van der Waals surface area contributed by atoms with E-state index in [-0.39, 0.29) is 0 Å². The largest absolute Gasteiger partial charge is 0.288 e. The molecule has 116 valence electrons. The molecule has 2 aromatic rings. The highest BCUT2D eigenvalue weighted by Crippen LogP contribution is 2.24. The number of quaternary nitrogens is 1. The van der Waals surface area contributed by atoms with Crippen LogP contribution in [0.1, 0.15) is 32.3 Å². The van der Waals surface area contributed by atoms with Crippen LogP contribution in [0.25, 0.3) is 6.08 Å². The lowest BCUT2D eigenvalue weighted by molar-refractivity contribution is 0.300. The number of nitrogens with zero attached hydrogens (tertiary/aromatic N) is 1. The number of rotatable bonds is 8. The third kappa shape index (κ3) is 4.32. The molecule has 0 saturated heterocycles. The van der Waals surface area contributed by atoms with Crippen molar-refractivity contribution in [1.82, 2.24) is 4.48 Å². The summed E-state index contributed by atoms with van der Waals surface area (Å²) in [6.45, 7) is 8.01. The van der Waals surface area contributed by atoms with Gasteiger partial charge in [-0.05, 0) is 36.6 Å². The van der Waals surface area contributed by atoms with Crippen LogP contribution >= 0.6 is 0 Å². The van der Waals surface area contributed by atoms with Crippen LogP contribution in [-0.2, 0) is 0 Å². The molecule has 1 nitrogen and oxygen atoms in total. The van der Waals surface area contributed by atoms with E-state index >= 15 is 0 Å². The van der Waals surface area contributed by atoms with Gasteiger partial charge in [-0.2, -0.15) is 0 Å². The molecule has 0 bridgehead atoms. The van der Waals surface area contributed by atoms with Crippen molar-refractivity contribution < 1.29 is 0 Å². The Labute approximate surface area is 135 Å². The van der Waals surface area contributed by atoms with E-state index in [1.165, 1.54) is 37.2 Å². The fraction of sp³-hybridized carbons (Fsp3) is 0.333. The molecule has 0 atom stereocenters. The Morgan fingerprint density at radius 2 is 1.32 bits per heavy atom. The second kappa shape index (κ2) is 8.55. The molecule has 22 heavy (non-hydrogen) atoms. The van der Waals surface area contributed by atoms with Gasteiger partial charge in [-0.3, -0.25) is 4.48 Å². The Morgan fingerprint density at radius 1 is 0.773 bits per heavy atom. The Kier molecular flexibility index (Phi) is 6.42. The summed E-state index contributed by atoms with van der Waals surface area (Å²) >= 11 is 0. The van der Waals surface area contributed by atoms with Gasteiger partial charge in [0.1, 0.15) is 12.2 Å². The summed E-state index contributed by atoms with van der Waals surface area (Å²) in [5, 5.41) is 0. The molecule has 2 rings (SSSR count). The zero-order valence-electron chi connectivity index (χ0n) is 13.9. The fourth-order valence-electron chi connectivity index (χ4n) is 3.21. The third-order valence-electron chi connectivity index (χ3n) is 4.17. The quantitative estimate of drug-likeness (QED) is 0.562. The van der Waals surface area contributed by atoms with Gasteiger partial charge < -0.3 is 0 Å². The summed E-state index contributed by atoms with van der Waals surface area (Å²) in [7, 11) is 0. The van der Waals surface area contributed by atoms with Crippen molar-refractivity contribution in [1.29, 1.82) is 0 Å². The first-order valence-corrected chi connectivity index (χ1v) is 8.44. The van der Waals surface area contributed by atoms with Crippen molar-refractivity contribution in [3.8, 4) is 0 Å². The third-order valence-corrected chi connectivity index (χ3v) is 4.17. The zero-order chi connectivity index (χ0) is 15.7. The maximum atomic E-state index is 2.34. The van der Waals surface area contributed by atoms with Gasteiger partial charge in [0, 0.05) is 0 Å². The van der Waals surface area contributed by atoms with E-state index in [0.717, 1.165) is 11.0 Å². The van der Waals surface area contributed by atoms with Crippen molar-refractivity contribution in [2.24, 2.45) is 0 Å². The number of para-hydroxylation sites is 1. The minimum atomic E-state index is 1.05. The second-order valence-electron chi connectivity index (χ2n) is 5.92. The molecule has 0 radical (unpaired) electrons. The molecule has 0 spiro atoms. The fourth-order valence-corrected chi connectivity index (χ4v) is 3.21. The molecule has 0 aliphatic rings. The van der Waals surface area contributed by atoms with Crippen LogP contribution in [0.2, 0.25) is 0 Å². The normalized spacial score (nSPS) is 11.9. The summed E-state index contributed by atoms with van der Waals surface area (Å²) in [6, 6.07) is 21.6. The SMILES string of the molecule is CCC[N+](CC=Cc1ccccc1)(CCC)c1ccccc1. The highest BCUT2D eigenvalue weighted by Gasteiger charge is 2.26. The van der Waals surface area contributed by atoms with Crippen molar-refractivity contribution >= 4 is 11.8 Å². The minimum Gasteiger partial charge on any atom is -0.288 e. The molecular formula is C21H28N+. The smallest absolute Gasteiger partial charge is 0.133 e. The Hall–Kier alpha value is -1.86.